The maximum atomic E-state index is 13.4. The third kappa shape index (κ3) is 4.82. The molecule has 0 unspecified atom stereocenters. The van der Waals surface area contributed by atoms with E-state index in [0.29, 0.717) is 30.7 Å². The van der Waals surface area contributed by atoms with E-state index in [1.807, 2.05) is 24.3 Å². The van der Waals surface area contributed by atoms with Crippen molar-refractivity contribution >= 4 is 51.1 Å². The van der Waals surface area contributed by atoms with Crippen molar-refractivity contribution in [1.29, 1.82) is 0 Å². The van der Waals surface area contributed by atoms with Gasteiger partial charge in [-0.1, -0.05) is 57.8 Å². The molecule has 0 saturated heterocycles. The summed E-state index contributed by atoms with van der Waals surface area (Å²) in [7, 11) is 0. The molecule has 2 aromatic rings. The average molecular weight is 538 g/mol. The minimum absolute atomic E-state index is 0.218. The Hall–Kier alpha value is -2.04. The summed E-state index contributed by atoms with van der Waals surface area (Å²) in [6.45, 7) is 5.67. The van der Waals surface area contributed by atoms with Gasteiger partial charge in [0.1, 0.15) is 5.41 Å². The van der Waals surface area contributed by atoms with Crippen LogP contribution < -0.4 is 0 Å². The van der Waals surface area contributed by atoms with Crippen LogP contribution in [0.25, 0.3) is 0 Å². The molecule has 0 N–H and O–H groups in total. The van der Waals surface area contributed by atoms with Gasteiger partial charge >= 0.3 is 11.9 Å². The van der Waals surface area contributed by atoms with Crippen molar-refractivity contribution in [2.24, 2.45) is 5.41 Å². The van der Waals surface area contributed by atoms with E-state index in [4.69, 9.17) is 32.7 Å². The zero-order chi connectivity index (χ0) is 23.4. The summed E-state index contributed by atoms with van der Waals surface area (Å²) in [5.74, 6) is -1.02. The molecule has 1 aliphatic carbocycles. The second kappa shape index (κ2) is 10.3. The Morgan fingerprint density at radius 2 is 1.88 bits per heavy atom. The Kier molecular flexibility index (Phi) is 7.89. The topological polar surface area (TPSA) is 52.6 Å². The van der Waals surface area contributed by atoms with Gasteiger partial charge in [-0.25, -0.2) is 4.79 Å². The van der Waals surface area contributed by atoms with E-state index in [2.05, 4.69) is 28.2 Å². The molecule has 32 heavy (non-hydrogen) atoms. The van der Waals surface area contributed by atoms with Gasteiger partial charge in [-0.2, -0.15) is 0 Å². The number of hydrogen-bond donors (Lipinski definition) is 0. The lowest BCUT2D eigenvalue weighted by Gasteiger charge is -2.41. The van der Waals surface area contributed by atoms with Crippen molar-refractivity contribution in [3.8, 4) is 0 Å². The van der Waals surface area contributed by atoms with Crippen LogP contribution in [0.2, 0.25) is 10.0 Å². The molecule has 1 aliphatic rings. The molecule has 0 radical (unpaired) electrons. The van der Waals surface area contributed by atoms with Gasteiger partial charge in [-0.15, -0.1) is 5.73 Å². The van der Waals surface area contributed by atoms with E-state index in [1.165, 1.54) is 18.2 Å². The summed E-state index contributed by atoms with van der Waals surface area (Å²) in [4.78, 5) is 26.6. The molecular formula is C25H23BrCl2O4. The van der Waals surface area contributed by atoms with Crippen LogP contribution in [-0.4, -0.2) is 24.1 Å². The van der Waals surface area contributed by atoms with Gasteiger partial charge in [-0.3, -0.25) is 4.79 Å². The summed E-state index contributed by atoms with van der Waals surface area (Å²) in [6, 6.07) is 12.2. The van der Waals surface area contributed by atoms with Crippen LogP contribution in [-0.2, 0) is 20.7 Å². The SMILES string of the molecule is C=C=C[C@@]1(OC(=O)c2ccc(Cl)c(Cl)c2)CCC[C@@]1(Cc1ccc(Br)cc1)C(=O)OCC. The molecule has 1 saturated carbocycles. The third-order valence-electron chi connectivity index (χ3n) is 5.81. The summed E-state index contributed by atoms with van der Waals surface area (Å²) in [5.41, 5.74) is 1.54. The van der Waals surface area contributed by atoms with Crippen LogP contribution in [0, 0.1) is 5.41 Å². The Morgan fingerprint density at radius 1 is 1.16 bits per heavy atom. The number of carbonyl (C=O) groups is 2. The van der Waals surface area contributed by atoms with Gasteiger partial charge in [0.25, 0.3) is 0 Å². The summed E-state index contributed by atoms with van der Waals surface area (Å²) >= 11 is 15.5. The summed E-state index contributed by atoms with van der Waals surface area (Å²) < 4.78 is 12.5. The minimum atomic E-state index is -1.27. The lowest BCUT2D eigenvalue weighted by molar-refractivity contribution is -0.167. The lowest BCUT2D eigenvalue weighted by Crippen LogP contribution is -2.53. The minimum Gasteiger partial charge on any atom is -0.465 e. The molecule has 168 valence electrons. The Balaban J connectivity index is 2.07. The van der Waals surface area contributed by atoms with Gasteiger partial charge in [0.05, 0.1) is 22.2 Å². The summed E-state index contributed by atoms with van der Waals surface area (Å²) in [5, 5.41) is 0.577. The number of ether oxygens (including phenoxy) is 2. The van der Waals surface area contributed by atoms with Crippen molar-refractivity contribution in [1.82, 2.24) is 0 Å². The first-order valence-electron chi connectivity index (χ1n) is 10.2. The molecule has 0 heterocycles. The van der Waals surface area contributed by atoms with Crippen LogP contribution in [0.3, 0.4) is 0 Å². The molecule has 2 atom stereocenters. The van der Waals surface area contributed by atoms with Crippen molar-refractivity contribution in [3.63, 3.8) is 0 Å². The maximum absolute atomic E-state index is 13.4. The largest absolute Gasteiger partial charge is 0.465 e. The first-order chi connectivity index (χ1) is 15.3. The highest BCUT2D eigenvalue weighted by atomic mass is 79.9. The number of benzene rings is 2. The molecule has 0 bridgehead atoms. The Bertz CT molecular complexity index is 1060. The first kappa shape index (κ1) is 24.6. The molecule has 0 aromatic heterocycles. The fraction of sp³-hybridized carbons (Fsp3) is 0.320. The second-order valence-corrected chi connectivity index (χ2v) is 9.45. The van der Waals surface area contributed by atoms with Gasteiger partial charge < -0.3 is 9.47 Å². The van der Waals surface area contributed by atoms with E-state index in [-0.39, 0.29) is 17.2 Å². The molecule has 3 rings (SSSR count). The van der Waals surface area contributed by atoms with E-state index >= 15 is 0 Å². The number of rotatable bonds is 7. The molecule has 4 nitrogen and oxygen atoms in total. The van der Waals surface area contributed by atoms with Crippen LogP contribution in [0.4, 0.5) is 0 Å². The number of halogens is 3. The molecular weight excluding hydrogens is 515 g/mol. The average Bonchev–Trinajstić information content (AvgIpc) is 3.10. The van der Waals surface area contributed by atoms with Gasteiger partial charge in [0, 0.05) is 10.5 Å². The van der Waals surface area contributed by atoms with E-state index in [0.717, 1.165) is 10.0 Å². The predicted molar refractivity (Wildman–Crippen MR) is 129 cm³/mol. The van der Waals surface area contributed by atoms with Crippen LogP contribution in [0.15, 0.2) is 65.3 Å². The predicted octanol–water partition coefficient (Wildman–Crippen LogP) is 6.97. The smallest absolute Gasteiger partial charge is 0.339 e. The molecule has 0 spiro atoms. The Morgan fingerprint density at radius 3 is 2.50 bits per heavy atom. The zero-order valence-corrected chi connectivity index (χ0v) is 20.7. The van der Waals surface area contributed by atoms with E-state index in [9.17, 15) is 9.59 Å². The number of esters is 2. The monoisotopic (exact) mass is 536 g/mol. The fourth-order valence-electron chi connectivity index (χ4n) is 4.31. The molecule has 0 aliphatic heterocycles. The fourth-order valence-corrected chi connectivity index (χ4v) is 4.87. The summed E-state index contributed by atoms with van der Waals surface area (Å²) in [6.07, 6.45) is 3.53. The third-order valence-corrected chi connectivity index (χ3v) is 7.08. The molecule has 7 heteroatoms. The Labute approximate surface area is 206 Å². The standard InChI is InChI=1S/C25H23BrCl2O4/c1-3-12-25(32-22(29)18-8-11-20(27)21(28)15-18)14-5-13-24(25,23(30)31-4-2)16-17-6-9-19(26)10-7-17/h6-12,15H,1,4-5,13-14,16H2,2H3/t24-,25-/m1/s1. The molecule has 2 aromatic carbocycles. The highest BCUT2D eigenvalue weighted by Crippen LogP contribution is 2.53. The van der Waals surface area contributed by atoms with Gasteiger partial charge in [0.15, 0.2) is 5.60 Å². The number of hydrogen-bond acceptors (Lipinski definition) is 4. The normalized spacial score (nSPS) is 22.1. The van der Waals surface area contributed by atoms with E-state index in [1.54, 1.807) is 13.0 Å². The number of carbonyl (C=O) groups excluding carboxylic acids is 2. The van der Waals surface area contributed by atoms with Gasteiger partial charge in [0.2, 0.25) is 0 Å². The first-order valence-corrected chi connectivity index (χ1v) is 11.8. The molecule has 0 amide bonds. The van der Waals surface area contributed by atoms with Crippen LogP contribution in [0.1, 0.15) is 42.1 Å². The zero-order valence-electron chi connectivity index (χ0n) is 17.6. The second-order valence-electron chi connectivity index (χ2n) is 7.72. The van der Waals surface area contributed by atoms with Crippen molar-refractivity contribution in [2.75, 3.05) is 6.61 Å². The quantitative estimate of drug-likeness (QED) is 0.282. The van der Waals surface area contributed by atoms with Crippen molar-refractivity contribution < 1.29 is 19.1 Å². The molecule has 1 fully saturated rings. The highest BCUT2D eigenvalue weighted by Gasteiger charge is 2.62. The maximum Gasteiger partial charge on any atom is 0.339 e. The van der Waals surface area contributed by atoms with Gasteiger partial charge in [-0.05, 0) is 68.5 Å². The van der Waals surface area contributed by atoms with Crippen molar-refractivity contribution in [3.05, 3.63) is 86.5 Å². The van der Waals surface area contributed by atoms with Crippen molar-refractivity contribution in [2.45, 2.75) is 38.2 Å². The van der Waals surface area contributed by atoms with Crippen LogP contribution in [0.5, 0.6) is 0 Å². The highest BCUT2D eigenvalue weighted by molar-refractivity contribution is 9.10. The van der Waals surface area contributed by atoms with E-state index < -0.39 is 23.0 Å². The lowest BCUT2D eigenvalue weighted by atomic mass is 9.69. The van der Waals surface area contributed by atoms with Crippen LogP contribution >= 0.6 is 39.1 Å².